The van der Waals surface area contributed by atoms with Gasteiger partial charge in [0.1, 0.15) is 0 Å². The molecule has 0 saturated heterocycles. The molecule has 0 aromatic heterocycles. The van der Waals surface area contributed by atoms with E-state index < -0.39 is 4.92 Å². The molecule has 0 bridgehead atoms. The first kappa shape index (κ1) is 15.7. The van der Waals surface area contributed by atoms with E-state index in [9.17, 15) is 10.1 Å². The zero-order chi connectivity index (χ0) is 15.5. The number of ether oxygens (including phenoxy) is 1. The van der Waals surface area contributed by atoms with Crippen molar-refractivity contribution in [2.24, 2.45) is 0 Å². The fourth-order valence-electron chi connectivity index (χ4n) is 2.79. The Balaban J connectivity index is 1.97. The zero-order valence-electron chi connectivity index (χ0n) is 12.9. The lowest BCUT2D eigenvalue weighted by Crippen LogP contribution is -2.56. The van der Waals surface area contributed by atoms with Crippen molar-refractivity contribution in [1.82, 2.24) is 10.2 Å². The molecule has 0 aliphatic heterocycles. The van der Waals surface area contributed by atoms with E-state index in [1.165, 1.54) is 26.4 Å². The van der Waals surface area contributed by atoms with Crippen molar-refractivity contribution >= 4 is 5.69 Å². The van der Waals surface area contributed by atoms with Gasteiger partial charge in [-0.05, 0) is 45.0 Å². The van der Waals surface area contributed by atoms with Gasteiger partial charge < -0.3 is 15.0 Å². The third kappa shape index (κ3) is 3.33. The highest BCUT2D eigenvalue weighted by molar-refractivity contribution is 5.48. The van der Waals surface area contributed by atoms with Gasteiger partial charge in [-0.15, -0.1) is 0 Å². The molecule has 6 nitrogen and oxygen atoms in total. The van der Waals surface area contributed by atoms with Gasteiger partial charge in [-0.25, -0.2) is 0 Å². The fraction of sp³-hybridized carbons (Fsp3) is 0.600. The standard InChI is InChI=1S/C15H23N3O3/c1-17(2)15(7-4-8-15)11-16-10-12-5-6-14(21-3)13(9-12)18(19)20/h5-6,9,16H,4,7-8,10-11H2,1-3H3. The Morgan fingerprint density at radius 2 is 2.14 bits per heavy atom. The minimum atomic E-state index is -0.407. The van der Waals surface area contributed by atoms with Crippen LogP contribution in [-0.2, 0) is 6.54 Å². The first-order valence-electron chi connectivity index (χ1n) is 7.18. The number of nitrogens with one attached hydrogen (secondary N) is 1. The van der Waals surface area contributed by atoms with Crippen molar-refractivity contribution < 1.29 is 9.66 Å². The molecule has 0 atom stereocenters. The molecule has 1 aliphatic rings. The summed E-state index contributed by atoms with van der Waals surface area (Å²) < 4.78 is 5.01. The Kier molecular flexibility index (Phi) is 4.80. The van der Waals surface area contributed by atoms with Crippen LogP contribution in [0.15, 0.2) is 18.2 Å². The highest BCUT2D eigenvalue weighted by atomic mass is 16.6. The third-order valence-electron chi connectivity index (χ3n) is 4.46. The van der Waals surface area contributed by atoms with Gasteiger partial charge in [0, 0.05) is 24.7 Å². The number of nitro groups is 1. The summed E-state index contributed by atoms with van der Waals surface area (Å²) in [5.41, 5.74) is 1.16. The highest BCUT2D eigenvalue weighted by Gasteiger charge is 2.38. The molecule has 1 N–H and O–H groups in total. The topological polar surface area (TPSA) is 67.6 Å². The quantitative estimate of drug-likeness (QED) is 0.616. The number of hydrogen-bond acceptors (Lipinski definition) is 5. The molecule has 2 rings (SSSR count). The lowest BCUT2D eigenvalue weighted by atomic mass is 9.75. The summed E-state index contributed by atoms with van der Waals surface area (Å²) in [6.07, 6.45) is 3.68. The second-order valence-corrected chi connectivity index (χ2v) is 5.84. The van der Waals surface area contributed by atoms with Crippen LogP contribution in [0.1, 0.15) is 24.8 Å². The van der Waals surface area contributed by atoms with Gasteiger partial charge in [0.05, 0.1) is 12.0 Å². The van der Waals surface area contributed by atoms with Crippen LogP contribution in [0.5, 0.6) is 5.75 Å². The number of nitro benzene ring substituents is 1. The van der Waals surface area contributed by atoms with Crippen LogP contribution in [0.2, 0.25) is 0 Å². The van der Waals surface area contributed by atoms with Crippen molar-refractivity contribution in [3.05, 3.63) is 33.9 Å². The molecular weight excluding hydrogens is 270 g/mol. The minimum absolute atomic E-state index is 0.0165. The van der Waals surface area contributed by atoms with E-state index in [2.05, 4.69) is 24.3 Å². The predicted octanol–water partition coefficient (Wildman–Crippen LogP) is 2.18. The number of nitrogens with zero attached hydrogens (tertiary/aromatic N) is 2. The monoisotopic (exact) mass is 293 g/mol. The summed E-state index contributed by atoms with van der Waals surface area (Å²) in [5.74, 6) is 0.299. The maximum absolute atomic E-state index is 11.0. The molecule has 0 unspecified atom stereocenters. The summed E-state index contributed by atoms with van der Waals surface area (Å²) in [6, 6.07) is 5.09. The van der Waals surface area contributed by atoms with Crippen molar-refractivity contribution in [3.63, 3.8) is 0 Å². The van der Waals surface area contributed by atoms with Gasteiger partial charge in [0.25, 0.3) is 0 Å². The van der Waals surface area contributed by atoms with Gasteiger partial charge >= 0.3 is 5.69 Å². The normalized spacial score (nSPS) is 16.6. The van der Waals surface area contributed by atoms with E-state index in [1.807, 2.05) is 6.07 Å². The van der Waals surface area contributed by atoms with E-state index in [-0.39, 0.29) is 11.2 Å². The van der Waals surface area contributed by atoms with Gasteiger partial charge in [-0.3, -0.25) is 10.1 Å². The van der Waals surface area contributed by atoms with Crippen LogP contribution in [0.25, 0.3) is 0 Å². The van der Waals surface area contributed by atoms with Crippen LogP contribution < -0.4 is 10.1 Å². The second kappa shape index (κ2) is 6.41. The second-order valence-electron chi connectivity index (χ2n) is 5.84. The molecule has 21 heavy (non-hydrogen) atoms. The van der Waals surface area contributed by atoms with Crippen LogP contribution in [0.3, 0.4) is 0 Å². The van der Waals surface area contributed by atoms with Crippen LogP contribution in [0, 0.1) is 10.1 Å². The molecule has 0 spiro atoms. The van der Waals surface area contributed by atoms with Gasteiger partial charge in [0.2, 0.25) is 0 Å². The molecule has 0 heterocycles. The summed E-state index contributed by atoms with van der Waals surface area (Å²) >= 11 is 0. The SMILES string of the molecule is COc1ccc(CNCC2(N(C)C)CCC2)cc1[N+](=O)[O-]. The smallest absolute Gasteiger partial charge is 0.311 e. The largest absolute Gasteiger partial charge is 0.490 e. The lowest BCUT2D eigenvalue weighted by Gasteiger charge is -2.47. The average molecular weight is 293 g/mol. The maximum Gasteiger partial charge on any atom is 0.311 e. The van der Waals surface area contributed by atoms with Crippen molar-refractivity contribution in [1.29, 1.82) is 0 Å². The Labute approximate surface area is 125 Å². The van der Waals surface area contributed by atoms with E-state index in [0.717, 1.165) is 12.1 Å². The van der Waals surface area contributed by atoms with Crippen LogP contribution in [-0.4, -0.2) is 43.1 Å². The van der Waals surface area contributed by atoms with Crippen LogP contribution >= 0.6 is 0 Å². The van der Waals surface area contributed by atoms with Gasteiger partial charge in [0.15, 0.2) is 5.75 Å². The molecular formula is C15H23N3O3. The molecule has 1 saturated carbocycles. The van der Waals surface area contributed by atoms with Gasteiger partial charge in [-0.2, -0.15) is 0 Å². The Morgan fingerprint density at radius 3 is 2.62 bits per heavy atom. The molecule has 0 radical (unpaired) electrons. The molecule has 1 fully saturated rings. The van der Waals surface area contributed by atoms with E-state index in [4.69, 9.17) is 4.74 Å². The van der Waals surface area contributed by atoms with Crippen molar-refractivity contribution in [2.45, 2.75) is 31.3 Å². The minimum Gasteiger partial charge on any atom is -0.490 e. The number of benzene rings is 1. The van der Waals surface area contributed by atoms with Crippen molar-refractivity contribution in [3.8, 4) is 5.75 Å². The first-order valence-corrected chi connectivity index (χ1v) is 7.18. The maximum atomic E-state index is 11.0. The summed E-state index contributed by atoms with van der Waals surface area (Å²) in [6.45, 7) is 1.53. The summed E-state index contributed by atoms with van der Waals surface area (Å²) in [5, 5.41) is 14.4. The van der Waals surface area contributed by atoms with E-state index in [1.54, 1.807) is 12.1 Å². The Morgan fingerprint density at radius 1 is 1.43 bits per heavy atom. The summed E-state index contributed by atoms with van der Waals surface area (Å²) in [4.78, 5) is 12.9. The van der Waals surface area contributed by atoms with Gasteiger partial charge in [-0.1, -0.05) is 6.07 Å². The fourth-order valence-corrected chi connectivity index (χ4v) is 2.79. The molecule has 1 aliphatic carbocycles. The number of likely N-dealkylation sites (N-methyl/N-ethyl adjacent to an activating group) is 1. The summed E-state index contributed by atoms with van der Waals surface area (Å²) in [7, 11) is 5.66. The third-order valence-corrected chi connectivity index (χ3v) is 4.46. The average Bonchev–Trinajstić information content (AvgIpc) is 2.40. The highest BCUT2D eigenvalue weighted by Crippen LogP contribution is 2.35. The zero-order valence-corrected chi connectivity index (χ0v) is 12.9. The Hall–Kier alpha value is -1.66. The number of hydrogen-bond donors (Lipinski definition) is 1. The van der Waals surface area contributed by atoms with Crippen molar-refractivity contribution in [2.75, 3.05) is 27.7 Å². The number of methoxy groups -OCH3 is 1. The molecule has 0 amide bonds. The molecule has 1 aromatic carbocycles. The molecule has 1 aromatic rings. The van der Waals surface area contributed by atoms with Crippen LogP contribution in [0.4, 0.5) is 5.69 Å². The number of rotatable bonds is 7. The molecule has 116 valence electrons. The Bertz CT molecular complexity index is 513. The van der Waals surface area contributed by atoms with E-state index >= 15 is 0 Å². The lowest BCUT2D eigenvalue weighted by molar-refractivity contribution is -0.385. The first-order chi connectivity index (χ1) is 9.98. The predicted molar refractivity (Wildman–Crippen MR) is 81.6 cm³/mol. The molecule has 6 heteroatoms. The van der Waals surface area contributed by atoms with E-state index in [0.29, 0.717) is 12.3 Å².